The third kappa shape index (κ3) is 4.38. The first kappa shape index (κ1) is 17.9. The first-order valence-electron chi connectivity index (χ1n) is 8.06. The lowest BCUT2D eigenvalue weighted by atomic mass is 10.1. The lowest BCUT2D eigenvalue weighted by Crippen LogP contribution is -2.03. The first-order chi connectivity index (χ1) is 13.0. The van der Waals surface area contributed by atoms with Crippen molar-refractivity contribution in [2.75, 3.05) is 0 Å². The minimum atomic E-state index is -1.09. The zero-order chi connectivity index (χ0) is 19.2. The van der Waals surface area contributed by atoms with Crippen LogP contribution in [0.15, 0.2) is 78.9 Å². The predicted octanol–water partition coefficient (Wildman–Crippen LogP) is 4.87. The van der Waals surface area contributed by atoms with Crippen LogP contribution in [0, 0.1) is 10.1 Å². The molecule has 1 N–H and O–H groups in total. The summed E-state index contributed by atoms with van der Waals surface area (Å²) in [4.78, 5) is 21.8. The molecule has 0 unspecified atom stereocenters. The van der Waals surface area contributed by atoms with Gasteiger partial charge < -0.3 is 9.84 Å². The monoisotopic (exact) mass is 361 g/mol. The molecule has 3 rings (SSSR count). The minimum absolute atomic E-state index is 0.00875. The van der Waals surface area contributed by atoms with Crippen LogP contribution in [0.25, 0.3) is 11.8 Å². The van der Waals surface area contributed by atoms with Crippen LogP contribution in [0.4, 0.5) is 5.69 Å². The smallest absolute Gasteiger partial charge is 0.339 e. The second-order valence-electron chi connectivity index (χ2n) is 5.63. The molecule has 0 fully saturated rings. The summed E-state index contributed by atoms with van der Waals surface area (Å²) in [6, 6.07) is 21.6. The number of nitro benzene ring substituents is 1. The van der Waals surface area contributed by atoms with Gasteiger partial charge in [0.25, 0.3) is 5.69 Å². The van der Waals surface area contributed by atoms with Gasteiger partial charge >= 0.3 is 5.97 Å². The normalized spacial score (nSPS) is 11.0. The molecular weight excluding hydrogens is 346 g/mol. The summed E-state index contributed by atoms with van der Waals surface area (Å²) in [7, 11) is 0. The van der Waals surface area contributed by atoms with E-state index in [-0.39, 0.29) is 17.0 Å². The number of ether oxygens (including phenoxy) is 1. The van der Waals surface area contributed by atoms with Gasteiger partial charge in [-0.15, -0.1) is 0 Å². The fourth-order valence-electron chi connectivity index (χ4n) is 2.47. The molecule has 3 aromatic carbocycles. The Morgan fingerprint density at radius 3 is 2.19 bits per heavy atom. The SMILES string of the molecule is O=C(O)c1ccccc1O/C(=C\c1ccc([N+](=O)[O-])cc1)c1ccccc1. The van der Waals surface area contributed by atoms with E-state index in [1.165, 1.54) is 18.2 Å². The lowest BCUT2D eigenvalue weighted by molar-refractivity contribution is -0.384. The molecule has 6 heteroatoms. The van der Waals surface area contributed by atoms with Crippen LogP contribution >= 0.6 is 0 Å². The zero-order valence-electron chi connectivity index (χ0n) is 14.1. The van der Waals surface area contributed by atoms with E-state index in [1.54, 1.807) is 36.4 Å². The first-order valence-corrected chi connectivity index (χ1v) is 8.06. The summed E-state index contributed by atoms with van der Waals surface area (Å²) in [6.07, 6.45) is 1.71. The van der Waals surface area contributed by atoms with E-state index in [9.17, 15) is 20.0 Å². The average molecular weight is 361 g/mol. The number of benzene rings is 3. The van der Waals surface area contributed by atoms with Crippen molar-refractivity contribution in [2.24, 2.45) is 0 Å². The van der Waals surface area contributed by atoms with Crippen molar-refractivity contribution >= 4 is 23.5 Å². The maximum Gasteiger partial charge on any atom is 0.339 e. The fraction of sp³-hybridized carbons (Fsp3) is 0. The molecule has 0 radical (unpaired) electrons. The van der Waals surface area contributed by atoms with Gasteiger partial charge in [0, 0.05) is 17.7 Å². The highest BCUT2D eigenvalue weighted by molar-refractivity contribution is 5.91. The summed E-state index contributed by atoms with van der Waals surface area (Å²) in [5.41, 5.74) is 1.47. The van der Waals surface area contributed by atoms with Crippen LogP contribution in [-0.4, -0.2) is 16.0 Å². The van der Waals surface area contributed by atoms with Gasteiger partial charge in [-0.3, -0.25) is 10.1 Å². The molecule has 6 nitrogen and oxygen atoms in total. The third-order valence-electron chi connectivity index (χ3n) is 3.80. The van der Waals surface area contributed by atoms with Gasteiger partial charge in [0.05, 0.1) is 4.92 Å². The minimum Gasteiger partial charge on any atom is -0.478 e. The molecule has 0 amide bonds. The summed E-state index contributed by atoms with van der Waals surface area (Å²) in [5.74, 6) is -0.450. The van der Waals surface area contributed by atoms with Crippen molar-refractivity contribution in [3.05, 3.63) is 106 Å². The largest absolute Gasteiger partial charge is 0.478 e. The number of para-hydroxylation sites is 1. The van der Waals surface area contributed by atoms with Crippen molar-refractivity contribution in [1.29, 1.82) is 0 Å². The van der Waals surface area contributed by atoms with E-state index in [2.05, 4.69) is 0 Å². The van der Waals surface area contributed by atoms with E-state index in [0.717, 1.165) is 5.56 Å². The highest BCUT2D eigenvalue weighted by Gasteiger charge is 2.13. The Morgan fingerprint density at radius 2 is 1.56 bits per heavy atom. The number of rotatable bonds is 6. The topological polar surface area (TPSA) is 89.7 Å². The highest BCUT2D eigenvalue weighted by Crippen LogP contribution is 2.27. The number of carboxylic acid groups (broad SMARTS) is 1. The quantitative estimate of drug-likeness (QED) is 0.293. The molecule has 3 aromatic rings. The second-order valence-corrected chi connectivity index (χ2v) is 5.63. The maximum absolute atomic E-state index is 11.4. The van der Waals surface area contributed by atoms with Crippen molar-refractivity contribution < 1.29 is 19.6 Å². The molecule has 0 spiro atoms. The summed E-state index contributed by atoms with van der Waals surface area (Å²) >= 11 is 0. The lowest BCUT2D eigenvalue weighted by Gasteiger charge is -2.13. The Labute approximate surface area is 155 Å². The van der Waals surface area contributed by atoms with Crippen molar-refractivity contribution in [3.63, 3.8) is 0 Å². The van der Waals surface area contributed by atoms with Gasteiger partial charge in [0.2, 0.25) is 0 Å². The molecule has 0 heterocycles. The van der Waals surface area contributed by atoms with Gasteiger partial charge in [0.1, 0.15) is 17.1 Å². The average Bonchev–Trinajstić information content (AvgIpc) is 2.69. The molecular formula is C21H15NO5. The number of aromatic carboxylic acids is 1. The number of hydrogen-bond acceptors (Lipinski definition) is 4. The molecule has 27 heavy (non-hydrogen) atoms. The van der Waals surface area contributed by atoms with Crippen molar-refractivity contribution in [2.45, 2.75) is 0 Å². The Morgan fingerprint density at radius 1 is 0.926 bits per heavy atom. The molecule has 0 aliphatic carbocycles. The predicted molar refractivity (Wildman–Crippen MR) is 101 cm³/mol. The highest BCUT2D eigenvalue weighted by atomic mass is 16.6. The van der Waals surface area contributed by atoms with Crippen LogP contribution in [0.2, 0.25) is 0 Å². The fourth-order valence-corrected chi connectivity index (χ4v) is 2.47. The number of carboxylic acids is 1. The molecule has 134 valence electrons. The second kappa shape index (κ2) is 7.97. The van der Waals surface area contributed by atoms with Gasteiger partial charge in [-0.2, -0.15) is 0 Å². The number of nitrogens with zero attached hydrogens (tertiary/aromatic N) is 1. The van der Waals surface area contributed by atoms with Crippen LogP contribution in [0.3, 0.4) is 0 Å². The van der Waals surface area contributed by atoms with Gasteiger partial charge in [-0.25, -0.2) is 4.79 Å². The molecule has 0 aromatic heterocycles. The van der Waals surface area contributed by atoms with E-state index in [1.807, 2.05) is 30.3 Å². The zero-order valence-corrected chi connectivity index (χ0v) is 14.1. The Kier molecular flexibility index (Phi) is 5.28. The molecule has 0 bridgehead atoms. The number of nitro groups is 1. The molecule has 0 saturated heterocycles. The maximum atomic E-state index is 11.4. The van der Waals surface area contributed by atoms with Gasteiger partial charge in [-0.05, 0) is 35.9 Å². The van der Waals surface area contributed by atoms with E-state index in [4.69, 9.17) is 4.74 Å². The molecule has 0 aliphatic heterocycles. The molecule has 0 aliphatic rings. The van der Waals surface area contributed by atoms with Crippen LogP contribution < -0.4 is 4.74 Å². The Bertz CT molecular complexity index is 995. The standard InChI is InChI=1S/C21H15NO5/c23-21(24)18-8-4-5-9-19(18)27-20(16-6-2-1-3-7-16)14-15-10-12-17(13-11-15)22(25)26/h1-14H,(H,23,24)/b20-14-. The van der Waals surface area contributed by atoms with E-state index in [0.29, 0.717) is 11.3 Å². The number of non-ortho nitro benzene ring substituents is 1. The van der Waals surface area contributed by atoms with Gasteiger partial charge in [-0.1, -0.05) is 42.5 Å². The van der Waals surface area contributed by atoms with E-state index >= 15 is 0 Å². The van der Waals surface area contributed by atoms with Crippen LogP contribution in [0.1, 0.15) is 21.5 Å². The Hall–Kier alpha value is -3.93. The molecule has 0 saturated carbocycles. The van der Waals surface area contributed by atoms with Crippen LogP contribution in [0.5, 0.6) is 5.75 Å². The summed E-state index contributed by atoms with van der Waals surface area (Å²) in [5, 5.41) is 20.2. The van der Waals surface area contributed by atoms with Crippen molar-refractivity contribution in [1.82, 2.24) is 0 Å². The van der Waals surface area contributed by atoms with E-state index < -0.39 is 10.9 Å². The third-order valence-corrected chi connectivity index (χ3v) is 3.80. The van der Waals surface area contributed by atoms with Gasteiger partial charge in [0.15, 0.2) is 0 Å². The summed E-state index contributed by atoms with van der Waals surface area (Å²) < 4.78 is 5.92. The van der Waals surface area contributed by atoms with Crippen LogP contribution in [-0.2, 0) is 0 Å². The number of carbonyl (C=O) groups is 1. The Balaban J connectivity index is 2.02. The summed E-state index contributed by atoms with van der Waals surface area (Å²) in [6.45, 7) is 0. The van der Waals surface area contributed by atoms with Crippen molar-refractivity contribution in [3.8, 4) is 5.75 Å². The number of hydrogen-bond donors (Lipinski definition) is 1. The molecule has 0 atom stereocenters.